The van der Waals surface area contributed by atoms with E-state index < -0.39 is 0 Å². The highest BCUT2D eigenvalue weighted by Crippen LogP contribution is 2.23. The van der Waals surface area contributed by atoms with E-state index in [0.717, 1.165) is 6.42 Å². The molecular formula is C12H15NO. The van der Waals surface area contributed by atoms with Crippen molar-refractivity contribution in [1.82, 2.24) is 4.98 Å². The summed E-state index contributed by atoms with van der Waals surface area (Å²) < 4.78 is 0. The summed E-state index contributed by atoms with van der Waals surface area (Å²) in [6.07, 6.45) is 2.72. The third-order valence-corrected chi connectivity index (χ3v) is 2.58. The van der Waals surface area contributed by atoms with Gasteiger partial charge >= 0.3 is 0 Å². The summed E-state index contributed by atoms with van der Waals surface area (Å²) in [4.78, 5) is 3.24. The van der Waals surface area contributed by atoms with Crippen molar-refractivity contribution >= 4 is 10.9 Å². The molecule has 0 spiro atoms. The van der Waals surface area contributed by atoms with Gasteiger partial charge < -0.3 is 10.1 Å². The number of aliphatic hydroxyl groups is 1. The van der Waals surface area contributed by atoms with Crippen LogP contribution in [0.5, 0.6) is 0 Å². The molecule has 2 aromatic rings. The Morgan fingerprint density at radius 1 is 1.29 bits per heavy atom. The topological polar surface area (TPSA) is 36.0 Å². The average Bonchev–Trinajstić information content (AvgIpc) is 2.49. The SMILES string of the molecule is Cc1cc(C)c2c(CCO)c[nH]c2c1. The molecule has 0 aliphatic carbocycles. The van der Waals surface area contributed by atoms with Crippen LogP contribution in [0, 0.1) is 13.8 Å². The number of benzene rings is 1. The minimum atomic E-state index is 0.209. The molecule has 0 bridgehead atoms. The van der Waals surface area contributed by atoms with Crippen molar-refractivity contribution in [3.63, 3.8) is 0 Å². The molecule has 0 atom stereocenters. The molecule has 1 aromatic carbocycles. The molecule has 74 valence electrons. The second-order valence-corrected chi connectivity index (χ2v) is 3.79. The maximum Gasteiger partial charge on any atom is 0.0472 e. The van der Waals surface area contributed by atoms with Crippen LogP contribution in [0.4, 0.5) is 0 Å². The molecule has 0 saturated heterocycles. The predicted molar refractivity (Wildman–Crippen MR) is 58.6 cm³/mol. The molecule has 14 heavy (non-hydrogen) atoms. The molecule has 2 N–H and O–H groups in total. The van der Waals surface area contributed by atoms with Crippen LogP contribution in [0.25, 0.3) is 10.9 Å². The minimum Gasteiger partial charge on any atom is -0.396 e. The molecule has 2 heteroatoms. The van der Waals surface area contributed by atoms with E-state index in [0.29, 0.717) is 0 Å². The lowest BCUT2D eigenvalue weighted by molar-refractivity contribution is 0.300. The van der Waals surface area contributed by atoms with Crippen molar-refractivity contribution in [1.29, 1.82) is 0 Å². The Morgan fingerprint density at radius 3 is 2.79 bits per heavy atom. The van der Waals surface area contributed by atoms with Crippen LogP contribution >= 0.6 is 0 Å². The zero-order valence-corrected chi connectivity index (χ0v) is 8.59. The van der Waals surface area contributed by atoms with Gasteiger partial charge in [0.2, 0.25) is 0 Å². The van der Waals surface area contributed by atoms with Gasteiger partial charge in [0.1, 0.15) is 0 Å². The molecule has 0 radical (unpaired) electrons. The molecule has 1 heterocycles. The van der Waals surface area contributed by atoms with Crippen LogP contribution in [0.15, 0.2) is 18.3 Å². The summed E-state index contributed by atoms with van der Waals surface area (Å²) in [7, 11) is 0. The zero-order chi connectivity index (χ0) is 10.1. The number of rotatable bonds is 2. The van der Waals surface area contributed by atoms with Gasteiger partial charge in [0.25, 0.3) is 0 Å². The highest BCUT2D eigenvalue weighted by molar-refractivity contribution is 5.87. The van der Waals surface area contributed by atoms with E-state index in [1.807, 2.05) is 6.20 Å². The van der Waals surface area contributed by atoms with Gasteiger partial charge in [0.15, 0.2) is 0 Å². The summed E-state index contributed by atoms with van der Waals surface area (Å²) in [5, 5.41) is 10.2. The van der Waals surface area contributed by atoms with Gasteiger partial charge in [-0.15, -0.1) is 0 Å². The van der Waals surface area contributed by atoms with Crippen molar-refractivity contribution in [2.24, 2.45) is 0 Å². The predicted octanol–water partition coefficient (Wildman–Crippen LogP) is 2.32. The smallest absolute Gasteiger partial charge is 0.0472 e. The van der Waals surface area contributed by atoms with Crippen LogP contribution in [-0.2, 0) is 6.42 Å². The molecule has 0 unspecified atom stereocenters. The Morgan fingerprint density at radius 2 is 2.07 bits per heavy atom. The number of aromatic nitrogens is 1. The maximum absolute atomic E-state index is 8.93. The Labute approximate surface area is 83.6 Å². The molecule has 0 aliphatic rings. The van der Waals surface area contributed by atoms with Crippen LogP contribution in [0.3, 0.4) is 0 Å². The van der Waals surface area contributed by atoms with Gasteiger partial charge in [-0.2, -0.15) is 0 Å². The average molecular weight is 189 g/mol. The van der Waals surface area contributed by atoms with Crippen LogP contribution in [0.2, 0.25) is 0 Å². The van der Waals surface area contributed by atoms with E-state index in [9.17, 15) is 0 Å². The molecule has 0 aliphatic heterocycles. The molecule has 2 nitrogen and oxygen atoms in total. The van der Waals surface area contributed by atoms with E-state index in [4.69, 9.17) is 5.11 Å². The first-order valence-electron chi connectivity index (χ1n) is 4.90. The quantitative estimate of drug-likeness (QED) is 0.747. The second-order valence-electron chi connectivity index (χ2n) is 3.79. The van der Waals surface area contributed by atoms with Crippen LogP contribution in [0.1, 0.15) is 16.7 Å². The summed E-state index contributed by atoms with van der Waals surface area (Å²) >= 11 is 0. The Kier molecular flexibility index (Phi) is 2.30. The number of hydrogen-bond acceptors (Lipinski definition) is 1. The number of hydrogen-bond donors (Lipinski definition) is 2. The van der Waals surface area contributed by atoms with Gasteiger partial charge in [-0.1, -0.05) is 6.07 Å². The van der Waals surface area contributed by atoms with Gasteiger partial charge in [-0.25, -0.2) is 0 Å². The molecule has 0 saturated carbocycles. The van der Waals surface area contributed by atoms with Gasteiger partial charge in [-0.05, 0) is 43.0 Å². The maximum atomic E-state index is 8.93. The summed E-state index contributed by atoms with van der Waals surface area (Å²) in [6.45, 7) is 4.42. The number of fused-ring (bicyclic) bond motifs is 1. The Bertz CT molecular complexity index is 457. The molecule has 1 aromatic heterocycles. The molecular weight excluding hydrogens is 174 g/mol. The summed E-state index contributed by atoms with van der Waals surface area (Å²) in [5.41, 5.74) is 4.93. The van der Waals surface area contributed by atoms with Gasteiger partial charge in [-0.3, -0.25) is 0 Å². The highest BCUT2D eigenvalue weighted by Gasteiger charge is 2.06. The van der Waals surface area contributed by atoms with E-state index >= 15 is 0 Å². The minimum absolute atomic E-state index is 0.209. The lowest BCUT2D eigenvalue weighted by atomic mass is 10.0. The number of aryl methyl sites for hydroxylation is 2. The van der Waals surface area contributed by atoms with E-state index in [1.165, 1.54) is 27.6 Å². The second kappa shape index (κ2) is 3.46. The first-order chi connectivity index (χ1) is 6.72. The summed E-state index contributed by atoms with van der Waals surface area (Å²) in [5.74, 6) is 0. The zero-order valence-electron chi connectivity index (χ0n) is 8.59. The standard InChI is InChI=1S/C12H15NO/c1-8-5-9(2)12-10(3-4-14)7-13-11(12)6-8/h5-7,13-14H,3-4H2,1-2H3. The number of aliphatic hydroxyl groups excluding tert-OH is 1. The Balaban J connectivity index is 2.66. The number of aromatic amines is 1. The monoisotopic (exact) mass is 189 g/mol. The van der Waals surface area contributed by atoms with Crippen molar-refractivity contribution in [2.45, 2.75) is 20.3 Å². The van der Waals surface area contributed by atoms with Crippen molar-refractivity contribution in [2.75, 3.05) is 6.61 Å². The normalized spacial score (nSPS) is 11.1. The van der Waals surface area contributed by atoms with Crippen LogP contribution in [-0.4, -0.2) is 16.7 Å². The number of nitrogens with one attached hydrogen (secondary N) is 1. The molecule has 2 rings (SSSR count). The van der Waals surface area contributed by atoms with Crippen molar-refractivity contribution in [3.05, 3.63) is 35.0 Å². The molecule has 0 fully saturated rings. The fraction of sp³-hybridized carbons (Fsp3) is 0.333. The fourth-order valence-electron chi connectivity index (χ4n) is 2.06. The number of H-pyrrole nitrogens is 1. The van der Waals surface area contributed by atoms with Gasteiger partial charge in [0, 0.05) is 23.7 Å². The third kappa shape index (κ3) is 1.42. The highest BCUT2D eigenvalue weighted by atomic mass is 16.2. The lowest BCUT2D eigenvalue weighted by Gasteiger charge is -2.02. The van der Waals surface area contributed by atoms with E-state index in [-0.39, 0.29) is 6.61 Å². The fourth-order valence-corrected chi connectivity index (χ4v) is 2.06. The summed E-state index contributed by atoms with van der Waals surface area (Å²) in [6, 6.07) is 4.32. The first kappa shape index (κ1) is 9.28. The Hall–Kier alpha value is -1.28. The van der Waals surface area contributed by atoms with Crippen molar-refractivity contribution in [3.8, 4) is 0 Å². The van der Waals surface area contributed by atoms with Gasteiger partial charge in [0.05, 0.1) is 0 Å². The van der Waals surface area contributed by atoms with E-state index in [1.54, 1.807) is 0 Å². The first-order valence-corrected chi connectivity index (χ1v) is 4.90. The molecule has 0 amide bonds. The largest absolute Gasteiger partial charge is 0.396 e. The van der Waals surface area contributed by atoms with Crippen molar-refractivity contribution < 1.29 is 5.11 Å². The van der Waals surface area contributed by atoms with E-state index in [2.05, 4.69) is 31.0 Å². The van der Waals surface area contributed by atoms with Crippen LogP contribution < -0.4 is 0 Å². The third-order valence-electron chi connectivity index (χ3n) is 2.58. The lowest BCUT2D eigenvalue weighted by Crippen LogP contribution is -1.89.